The number of benzene rings is 1. The van der Waals surface area contributed by atoms with Crippen LogP contribution in [0.25, 0.3) is 0 Å². The van der Waals surface area contributed by atoms with Crippen molar-refractivity contribution in [2.45, 2.75) is 76.4 Å². The lowest BCUT2D eigenvalue weighted by molar-refractivity contribution is -0.139. The van der Waals surface area contributed by atoms with E-state index in [0.717, 1.165) is 12.0 Å². The van der Waals surface area contributed by atoms with E-state index in [0.29, 0.717) is 57.0 Å². The summed E-state index contributed by atoms with van der Waals surface area (Å²) in [6.45, 7) is 1.68. The summed E-state index contributed by atoms with van der Waals surface area (Å²) >= 11 is 0. The van der Waals surface area contributed by atoms with Crippen molar-refractivity contribution in [3.8, 4) is 5.75 Å². The van der Waals surface area contributed by atoms with Gasteiger partial charge in [-0.1, -0.05) is 43.9 Å². The molecule has 7 heteroatoms. The van der Waals surface area contributed by atoms with E-state index in [2.05, 4.69) is 0 Å². The lowest BCUT2D eigenvalue weighted by Gasteiger charge is -2.45. The fourth-order valence-electron chi connectivity index (χ4n) is 6.04. The minimum atomic E-state index is -0.923. The monoisotopic (exact) mass is 472 g/mol. The van der Waals surface area contributed by atoms with Gasteiger partial charge in [0.25, 0.3) is 5.91 Å². The molecule has 7 nitrogen and oxygen atoms in total. The first-order valence-electron chi connectivity index (χ1n) is 12.9. The number of aliphatic hydroxyl groups is 2. The topological polar surface area (TPSA) is 90.3 Å². The first kappa shape index (κ1) is 25.0. The molecule has 1 aliphatic carbocycles. The van der Waals surface area contributed by atoms with E-state index >= 15 is 0 Å². The standard InChI is InChI=1S/C27H40N2O5/c1-28-19-27(12-14-29(15-13-27)25(32)11-10-20-6-2-3-7-20)17-23(31)22(30)16-21-8-4-5-9-24(21)34-18-26(28)33/h4-5,8-9,20,22-23,30-31H,2-3,6-7,10-19H2,1H3/t22-,23+/m0/s1. The van der Waals surface area contributed by atoms with Crippen molar-refractivity contribution in [2.75, 3.05) is 33.3 Å². The van der Waals surface area contributed by atoms with Gasteiger partial charge in [0.05, 0.1) is 12.2 Å². The average molecular weight is 473 g/mol. The van der Waals surface area contributed by atoms with Crippen LogP contribution in [0.3, 0.4) is 0 Å². The van der Waals surface area contributed by atoms with E-state index < -0.39 is 12.2 Å². The molecule has 4 rings (SSSR count). The highest BCUT2D eigenvalue weighted by atomic mass is 16.5. The minimum absolute atomic E-state index is 0.0615. The number of likely N-dealkylation sites (tertiary alicyclic amines) is 1. The van der Waals surface area contributed by atoms with Crippen LogP contribution in [-0.2, 0) is 16.0 Å². The smallest absolute Gasteiger partial charge is 0.260 e. The molecule has 2 fully saturated rings. The number of ether oxygens (including phenoxy) is 1. The number of nitrogens with zero attached hydrogens (tertiary/aromatic N) is 2. The molecular formula is C27H40N2O5. The van der Waals surface area contributed by atoms with Crippen LogP contribution in [0.2, 0.25) is 0 Å². The molecule has 0 aromatic heterocycles. The van der Waals surface area contributed by atoms with E-state index in [-0.39, 0.29) is 30.3 Å². The van der Waals surface area contributed by atoms with Gasteiger partial charge < -0.3 is 24.7 Å². The summed E-state index contributed by atoms with van der Waals surface area (Å²) in [6, 6.07) is 7.34. The van der Waals surface area contributed by atoms with Crippen molar-refractivity contribution in [3.63, 3.8) is 0 Å². The molecule has 1 spiro atoms. The van der Waals surface area contributed by atoms with Gasteiger partial charge in [-0.3, -0.25) is 9.59 Å². The molecule has 1 saturated carbocycles. The third-order valence-electron chi connectivity index (χ3n) is 8.26. The highest BCUT2D eigenvalue weighted by Gasteiger charge is 2.41. The Morgan fingerprint density at radius 2 is 1.82 bits per heavy atom. The molecule has 34 heavy (non-hydrogen) atoms. The fourth-order valence-corrected chi connectivity index (χ4v) is 6.04. The number of hydrogen-bond donors (Lipinski definition) is 2. The summed E-state index contributed by atoms with van der Waals surface area (Å²) in [5.41, 5.74) is 0.438. The van der Waals surface area contributed by atoms with Crippen LogP contribution in [0.4, 0.5) is 0 Å². The Morgan fingerprint density at radius 3 is 2.56 bits per heavy atom. The van der Waals surface area contributed by atoms with Crippen LogP contribution >= 0.6 is 0 Å². The Labute approximate surface area is 203 Å². The Hall–Kier alpha value is -2.12. The predicted octanol–water partition coefficient (Wildman–Crippen LogP) is 2.77. The van der Waals surface area contributed by atoms with Gasteiger partial charge in [-0.25, -0.2) is 0 Å². The Bertz CT molecular complexity index is 845. The third kappa shape index (κ3) is 6.11. The van der Waals surface area contributed by atoms with Crippen molar-refractivity contribution in [1.82, 2.24) is 9.80 Å². The minimum Gasteiger partial charge on any atom is -0.483 e. The molecular weight excluding hydrogens is 432 g/mol. The zero-order valence-electron chi connectivity index (χ0n) is 20.5. The second kappa shape index (κ2) is 11.1. The van der Waals surface area contributed by atoms with E-state index in [9.17, 15) is 19.8 Å². The van der Waals surface area contributed by atoms with Gasteiger partial charge in [-0.05, 0) is 48.6 Å². The number of likely N-dealkylation sites (N-methyl/N-ethyl adjacent to an activating group) is 1. The number of carbonyl (C=O) groups excluding carboxylic acids is 2. The first-order valence-corrected chi connectivity index (χ1v) is 12.9. The normalized spacial score (nSPS) is 26.5. The number of carbonyl (C=O) groups is 2. The van der Waals surface area contributed by atoms with E-state index in [1.807, 2.05) is 23.1 Å². The zero-order valence-corrected chi connectivity index (χ0v) is 20.5. The predicted molar refractivity (Wildman–Crippen MR) is 129 cm³/mol. The van der Waals surface area contributed by atoms with Gasteiger partial charge in [0.1, 0.15) is 5.75 Å². The van der Waals surface area contributed by atoms with Gasteiger partial charge in [0.2, 0.25) is 5.91 Å². The Morgan fingerprint density at radius 1 is 1.12 bits per heavy atom. The summed E-state index contributed by atoms with van der Waals surface area (Å²) < 4.78 is 5.78. The molecule has 2 N–H and O–H groups in total. The number of para-hydroxylation sites is 1. The quantitative estimate of drug-likeness (QED) is 0.706. The van der Waals surface area contributed by atoms with Crippen LogP contribution in [0, 0.1) is 11.3 Å². The highest BCUT2D eigenvalue weighted by Crippen LogP contribution is 2.39. The molecule has 1 aromatic rings. The highest BCUT2D eigenvalue weighted by molar-refractivity contribution is 5.78. The van der Waals surface area contributed by atoms with Gasteiger partial charge >= 0.3 is 0 Å². The number of fused-ring (bicyclic) bond motifs is 1. The number of aliphatic hydroxyl groups excluding tert-OH is 2. The maximum absolute atomic E-state index is 12.8. The van der Waals surface area contributed by atoms with Gasteiger partial charge in [-0.2, -0.15) is 0 Å². The number of hydrogen-bond acceptors (Lipinski definition) is 5. The molecule has 2 heterocycles. The summed E-state index contributed by atoms with van der Waals surface area (Å²) in [7, 11) is 1.77. The third-order valence-corrected chi connectivity index (χ3v) is 8.26. The van der Waals surface area contributed by atoms with Gasteiger partial charge in [0, 0.05) is 39.5 Å². The lowest BCUT2D eigenvalue weighted by atomic mass is 9.72. The second-order valence-electron chi connectivity index (χ2n) is 10.8. The molecule has 1 aromatic carbocycles. The second-order valence-corrected chi connectivity index (χ2v) is 10.8. The van der Waals surface area contributed by atoms with E-state index in [1.165, 1.54) is 25.7 Å². The Balaban J connectivity index is 1.42. The summed E-state index contributed by atoms with van der Waals surface area (Å²) in [5.74, 6) is 1.38. The van der Waals surface area contributed by atoms with Gasteiger partial charge in [-0.15, -0.1) is 0 Å². The average Bonchev–Trinajstić information content (AvgIpc) is 3.35. The van der Waals surface area contributed by atoms with Crippen molar-refractivity contribution < 1.29 is 24.5 Å². The zero-order chi connectivity index (χ0) is 24.1. The van der Waals surface area contributed by atoms with Crippen molar-refractivity contribution in [3.05, 3.63) is 29.8 Å². The van der Waals surface area contributed by atoms with Crippen molar-refractivity contribution in [1.29, 1.82) is 0 Å². The van der Waals surface area contributed by atoms with Gasteiger partial charge in [0.15, 0.2) is 6.61 Å². The molecule has 188 valence electrons. The maximum Gasteiger partial charge on any atom is 0.260 e. The fraction of sp³-hybridized carbons (Fsp3) is 0.704. The molecule has 2 amide bonds. The van der Waals surface area contributed by atoms with Crippen molar-refractivity contribution >= 4 is 11.8 Å². The molecule has 1 saturated heterocycles. The molecule has 3 aliphatic rings. The molecule has 2 atom stereocenters. The molecule has 0 unspecified atom stereocenters. The van der Waals surface area contributed by atoms with Crippen molar-refractivity contribution in [2.24, 2.45) is 11.3 Å². The van der Waals surface area contributed by atoms with Crippen LogP contribution in [0.1, 0.15) is 63.4 Å². The number of amides is 2. The molecule has 2 aliphatic heterocycles. The van der Waals surface area contributed by atoms with Crippen LogP contribution in [-0.4, -0.2) is 77.3 Å². The summed E-state index contributed by atoms with van der Waals surface area (Å²) in [5, 5.41) is 21.8. The summed E-state index contributed by atoms with van der Waals surface area (Å²) in [4.78, 5) is 29.3. The van der Waals surface area contributed by atoms with Crippen LogP contribution in [0.15, 0.2) is 24.3 Å². The first-order chi connectivity index (χ1) is 16.3. The molecule has 0 bridgehead atoms. The SMILES string of the molecule is CN1CC2(CCN(C(=O)CCC3CCCC3)CC2)C[C@@H](O)[C@@H](O)Cc2ccccc2OCC1=O. The summed E-state index contributed by atoms with van der Waals surface area (Å²) in [6.07, 6.45) is 6.96. The lowest BCUT2D eigenvalue weighted by Crippen LogP contribution is -2.51. The maximum atomic E-state index is 12.8. The molecule has 0 radical (unpaired) electrons. The van der Waals surface area contributed by atoms with Crippen LogP contribution in [0.5, 0.6) is 5.75 Å². The Kier molecular flexibility index (Phi) is 8.14. The largest absolute Gasteiger partial charge is 0.483 e. The van der Waals surface area contributed by atoms with E-state index in [4.69, 9.17) is 4.74 Å². The van der Waals surface area contributed by atoms with Crippen LogP contribution < -0.4 is 4.74 Å². The number of rotatable bonds is 3. The van der Waals surface area contributed by atoms with E-state index in [1.54, 1.807) is 18.0 Å². The number of piperidine rings is 1.